The van der Waals surface area contributed by atoms with E-state index in [1.807, 2.05) is 0 Å². The number of benzene rings is 1. The summed E-state index contributed by atoms with van der Waals surface area (Å²) in [4.78, 5) is 26.1. The summed E-state index contributed by atoms with van der Waals surface area (Å²) in [5.74, 6) is -0.370. The van der Waals surface area contributed by atoms with Crippen LogP contribution in [0.15, 0.2) is 39.0 Å². The molecule has 8 heteroatoms. The Kier molecular flexibility index (Phi) is 4.35. The standard InChI is InChI=1S/C12H13FN4O2S/c1-17-12(15-10(18)11(19)16-17)20-9(6-14)7-4-2-3-5-8(7)13/h2-5,9H,6,14H2,1H3,(H,16,19). The summed E-state index contributed by atoms with van der Waals surface area (Å²) in [6.07, 6.45) is 0. The number of hydrogen-bond acceptors (Lipinski definition) is 5. The Bertz CT molecular complexity index is 728. The minimum Gasteiger partial charge on any atom is -0.329 e. The van der Waals surface area contributed by atoms with Crippen LogP contribution in [0, 0.1) is 5.82 Å². The summed E-state index contributed by atoms with van der Waals surface area (Å²) < 4.78 is 15.1. The first-order valence-electron chi connectivity index (χ1n) is 5.81. The van der Waals surface area contributed by atoms with Crippen LogP contribution in [0.5, 0.6) is 0 Å². The highest BCUT2D eigenvalue weighted by atomic mass is 32.2. The van der Waals surface area contributed by atoms with Crippen LogP contribution in [0.25, 0.3) is 0 Å². The summed E-state index contributed by atoms with van der Waals surface area (Å²) >= 11 is 1.12. The van der Waals surface area contributed by atoms with Crippen molar-refractivity contribution in [3.8, 4) is 0 Å². The number of aromatic nitrogens is 3. The molecule has 0 radical (unpaired) electrons. The van der Waals surface area contributed by atoms with Gasteiger partial charge in [-0.05, 0) is 6.07 Å². The molecule has 20 heavy (non-hydrogen) atoms. The molecule has 0 bridgehead atoms. The van der Waals surface area contributed by atoms with Gasteiger partial charge >= 0.3 is 11.1 Å². The van der Waals surface area contributed by atoms with Crippen LogP contribution in [0.2, 0.25) is 0 Å². The Morgan fingerprint density at radius 2 is 2.15 bits per heavy atom. The third-order valence-corrected chi connectivity index (χ3v) is 3.97. The molecule has 1 heterocycles. The highest BCUT2D eigenvalue weighted by Gasteiger charge is 2.18. The van der Waals surface area contributed by atoms with Crippen molar-refractivity contribution in [3.63, 3.8) is 0 Å². The SMILES string of the molecule is Cn1[nH]c(=O)c(=O)nc1SC(CN)c1ccccc1F. The Hall–Kier alpha value is -1.93. The molecule has 2 rings (SSSR count). The van der Waals surface area contributed by atoms with Gasteiger partial charge in [0.15, 0.2) is 5.16 Å². The predicted molar refractivity (Wildman–Crippen MR) is 74.2 cm³/mol. The van der Waals surface area contributed by atoms with Gasteiger partial charge in [0.1, 0.15) is 5.82 Å². The third kappa shape index (κ3) is 2.97. The second-order valence-electron chi connectivity index (χ2n) is 4.06. The van der Waals surface area contributed by atoms with Crippen LogP contribution in [0.4, 0.5) is 4.39 Å². The summed E-state index contributed by atoms with van der Waals surface area (Å²) in [6, 6.07) is 6.27. The molecule has 1 aromatic carbocycles. The first kappa shape index (κ1) is 14.5. The van der Waals surface area contributed by atoms with Crippen molar-refractivity contribution in [3.05, 3.63) is 56.4 Å². The molecule has 3 N–H and O–H groups in total. The fourth-order valence-electron chi connectivity index (χ4n) is 1.67. The lowest BCUT2D eigenvalue weighted by Crippen LogP contribution is -2.34. The zero-order chi connectivity index (χ0) is 14.7. The molecule has 0 spiro atoms. The molecule has 0 amide bonds. The van der Waals surface area contributed by atoms with E-state index < -0.39 is 16.4 Å². The van der Waals surface area contributed by atoms with Crippen molar-refractivity contribution in [2.75, 3.05) is 6.54 Å². The van der Waals surface area contributed by atoms with Crippen molar-refractivity contribution in [2.24, 2.45) is 12.8 Å². The minimum absolute atomic E-state index is 0.167. The maximum absolute atomic E-state index is 13.8. The van der Waals surface area contributed by atoms with Crippen molar-refractivity contribution < 1.29 is 4.39 Å². The van der Waals surface area contributed by atoms with Crippen LogP contribution in [0.3, 0.4) is 0 Å². The van der Waals surface area contributed by atoms with Crippen LogP contribution < -0.4 is 16.9 Å². The van der Waals surface area contributed by atoms with Crippen molar-refractivity contribution in [2.45, 2.75) is 10.4 Å². The fourth-order valence-corrected chi connectivity index (χ4v) is 2.68. The first-order valence-corrected chi connectivity index (χ1v) is 6.69. The second-order valence-corrected chi connectivity index (χ2v) is 5.23. The minimum atomic E-state index is -0.880. The number of aryl methyl sites for hydroxylation is 1. The van der Waals surface area contributed by atoms with E-state index in [0.717, 1.165) is 11.8 Å². The molecule has 6 nitrogen and oxygen atoms in total. The largest absolute Gasteiger partial charge is 0.339 e. The second kappa shape index (κ2) is 6.02. The van der Waals surface area contributed by atoms with Gasteiger partial charge < -0.3 is 5.73 Å². The maximum Gasteiger partial charge on any atom is 0.339 e. The number of halogens is 1. The Labute approximate surface area is 117 Å². The number of H-pyrrole nitrogens is 1. The zero-order valence-electron chi connectivity index (χ0n) is 10.7. The molecule has 106 valence electrons. The van der Waals surface area contributed by atoms with E-state index in [4.69, 9.17) is 5.73 Å². The molecule has 2 aromatic rings. The Morgan fingerprint density at radius 1 is 1.45 bits per heavy atom. The van der Waals surface area contributed by atoms with Gasteiger partial charge in [0, 0.05) is 19.2 Å². The van der Waals surface area contributed by atoms with Gasteiger partial charge in [-0.1, -0.05) is 30.0 Å². The van der Waals surface area contributed by atoms with E-state index in [0.29, 0.717) is 5.56 Å². The van der Waals surface area contributed by atoms with E-state index in [-0.39, 0.29) is 17.5 Å². The van der Waals surface area contributed by atoms with E-state index in [9.17, 15) is 14.0 Å². The molecular formula is C12H13FN4O2S. The predicted octanol–water partition coefficient (Wildman–Crippen LogP) is 0.400. The zero-order valence-corrected chi connectivity index (χ0v) is 11.5. The smallest absolute Gasteiger partial charge is 0.329 e. The summed E-state index contributed by atoms with van der Waals surface area (Å²) in [6.45, 7) is 0.167. The summed E-state index contributed by atoms with van der Waals surface area (Å²) in [7, 11) is 1.55. The first-order chi connectivity index (χ1) is 9.52. The van der Waals surface area contributed by atoms with Crippen molar-refractivity contribution in [1.82, 2.24) is 14.8 Å². The quantitative estimate of drug-likeness (QED) is 0.629. The monoisotopic (exact) mass is 296 g/mol. The molecule has 0 saturated carbocycles. The normalized spacial score (nSPS) is 12.3. The topological polar surface area (TPSA) is 93.8 Å². The molecule has 1 atom stereocenters. The van der Waals surface area contributed by atoms with Gasteiger partial charge in [0.25, 0.3) is 0 Å². The van der Waals surface area contributed by atoms with Gasteiger partial charge in [0.2, 0.25) is 0 Å². The molecule has 0 saturated heterocycles. The number of nitrogens with zero attached hydrogens (tertiary/aromatic N) is 2. The Balaban J connectivity index is 2.37. The summed E-state index contributed by atoms with van der Waals surface area (Å²) in [5, 5.41) is 2.20. The number of nitrogens with two attached hydrogens (primary N) is 1. The maximum atomic E-state index is 13.8. The van der Waals surface area contributed by atoms with Crippen LogP contribution in [0.1, 0.15) is 10.8 Å². The van der Waals surface area contributed by atoms with Gasteiger partial charge in [0.05, 0.1) is 5.25 Å². The average Bonchev–Trinajstić information content (AvgIpc) is 2.42. The fraction of sp³-hybridized carbons (Fsp3) is 0.250. The average molecular weight is 296 g/mol. The van der Waals surface area contributed by atoms with Crippen LogP contribution >= 0.6 is 11.8 Å². The van der Waals surface area contributed by atoms with Crippen molar-refractivity contribution >= 4 is 11.8 Å². The highest BCUT2D eigenvalue weighted by Crippen LogP contribution is 2.33. The molecular weight excluding hydrogens is 283 g/mol. The highest BCUT2D eigenvalue weighted by molar-refractivity contribution is 7.99. The molecule has 0 aliphatic heterocycles. The molecule has 1 unspecified atom stereocenters. The van der Waals surface area contributed by atoms with E-state index in [2.05, 4.69) is 10.1 Å². The van der Waals surface area contributed by atoms with Crippen LogP contribution in [-0.2, 0) is 7.05 Å². The number of nitrogens with one attached hydrogen (secondary N) is 1. The molecule has 0 fully saturated rings. The van der Waals surface area contributed by atoms with Gasteiger partial charge in [-0.3, -0.25) is 19.4 Å². The van der Waals surface area contributed by atoms with E-state index in [1.165, 1.54) is 10.7 Å². The van der Waals surface area contributed by atoms with E-state index in [1.54, 1.807) is 25.2 Å². The van der Waals surface area contributed by atoms with Crippen LogP contribution in [-0.4, -0.2) is 21.3 Å². The molecule has 0 aliphatic rings. The number of rotatable bonds is 4. The molecule has 0 aliphatic carbocycles. The number of aromatic amines is 1. The Morgan fingerprint density at radius 3 is 2.80 bits per heavy atom. The van der Waals surface area contributed by atoms with E-state index >= 15 is 0 Å². The third-order valence-electron chi connectivity index (χ3n) is 2.66. The lowest BCUT2D eigenvalue weighted by molar-refractivity contribution is 0.590. The van der Waals surface area contributed by atoms with Gasteiger partial charge in [-0.15, -0.1) is 0 Å². The van der Waals surface area contributed by atoms with Crippen molar-refractivity contribution in [1.29, 1.82) is 0 Å². The van der Waals surface area contributed by atoms with Gasteiger partial charge in [-0.25, -0.2) is 4.39 Å². The molecule has 1 aromatic heterocycles. The lowest BCUT2D eigenvalue weighted by atomic mass is 10.1. The lowest BCUT2D eigenvalue weighted by Gasteiger charge is -2.16. The number of hydrogen-bond donors (Lipinski definition) is 2. The summed E-state index contributed by atoms with van der Waals surface area (Å²) in [5.41, 5.74) is 4.42. The van der Waals surface area contributed by atoms with Gasteiger partial charge in [-0.2, -0.15) is 4.98 Å². The number of thioether (sulfide) groups is 1.